The van der Waals surface area contributed by atoms with Crippen LogP contribution in [0.1, 0.15) is 57.8 Å². The zero-order valence-electron chi connectivity index (χ0n) is 34.6. The lowest BCUT2D eigenvalue weighted by molar-refractivity contribution is 0.0931. The zero-order valence-corrected chi connectivity index (χ0v) is 34.6. The van der Waals surface area contributed by atoms with Gasteiger partial charge in [0.1, 0.15) is 0 Å². The van der Waals surface area contributed by atoms with E-state index in [2.05, 4.69) is 83.4 Å². The minimum atomic E-state index is -0.125. The molecule has 0 aliphatic carbocycles. The molecule has 0 saturated heterocycles. The summed E-state index contributed by atoms with van der Waals surface area (Å²) < 4.78 is 0. The summed E-state index contributed by atoms with van der Waals surface area (Å²) in [7, 11) is 0. The van der Waals surface area contributed by atoms with Crippen LogP contribution in [0.3, 0.4) is 0 Å². The molecule has 0 aliphatic rings. The second kappa shape index (κ2) is 17.0. The van der Waals surface area contributed by atoms with E-state index in [0.717, 1.165) is 77.2 Å². The summed E-state index contributed by atoms with van der Waals surface area (Å²) in [5, 5.41) is 10.5. The molecule has 0 saturated carbocycles. The summed E-state index contributed by atoms with van der Waals surface area (Å²) in [5.74, 6) is -0.250. The van der Waals surface area contributed by atoms with Crippen LogP contribution in [0.2, 0.25) is 0 Å². The maximum atomic E-state index is 13.2. The third-order valence-corrected chi connectivity index (χ3v) is 11.9. The Balaban J connectivity index is 1.03. The Hall–Kier alpha value is -7.96. The molecule has 0 aromatic heterocycles. The molecule has 6 N–H and O–H groups in total. The second-order valence-electron chi connectivity index (χ2n) is 15.8. The molecule has 0 bridgehead atoms. The number of amides is 2. The smallest absolute Gasteiger partial charge is 0.251 e. The first-order valence-electron chi connectivity index (χ1n) is 20.9. The Labute approximate surface area is 361 Å². The van der Waals surface area contributed by atoms with Crippen LogP contribution in [0.5, 0.6) is 0 Å². The fourth-order valence-electron chi connectivity index (χ4n) is 8.53. The number of rotatable bonds is 10. The monoisotopic (exact) mass is 806 g/mol. The lowest BCUT2D eigenvalue weighted by Crippen LogP contribution is -2.26. The summed E-state index contributed by atoms with van der Waals surface area (Å²) in [6, 6.07) is 64.3. The molecule has 0 fully saturated rings. The van der Waals surface area contributed by atoms with Gasteiger partial charge in [-0.25, -0.2) is 0 Å². The van der Waals surface area contributed by atoms with E-state index in [4.69, 9.17) is 11.5 Å². The first kappa shape index (κ1) is 39.5. The molecule has 0 radical (unpaired) electrons. The van der Waals surface area contributed by atoms with Crippen LogP contribution in [0.15, 0.2) is 194 Å². The Kier molecular flexibility index (Phi) is 10.8. The van der Waals surface area contributed by atoms with Crippen LogP contribution >= 0.6 is 0 Å². The van der Waals surface area contributed by atoms with E-state index in [-0.39, 0.29) is 23.9 Å². The number of fused-ring (bicyclic) bond motifs is 2. The van der Waals surface area contributed by atoms with Crippen molar-refractivity contribution in [3.63, 3.8) is 0 Å². The minimum absolute atomic E-state index is 0.121. The number of nitrogens with one attached hydrogen (secondary N) is 2. The molecule has 0 unspecified atom stereocenters. The number of carbonyl (C=O) groups is 2. The Morgan fingerprint density at radius 1 is 0.371 bits per heavy atom. The first-order valence-corrected chi connectivity index (χ1v) is 20.9. The van der Waals surface area contributed by atoms with E-state index in [1.165, 1.54) is 0 Å². The lowest BCUT2D eigenvalue weighted by Gasteiger charge is -2.19. The number of carbonyl (C=O) groups excluding carboxylic acids is 2. The van der Waals surface area contributed by atoms with E-state index in [1.807, 2.05) is 135 Å². The van der Waals surface area contributed by atoms with Gasteiger partial charge in [0.25, 0.3) is 11.8 Å². The topological polar surface area (TPSA) is 110 Å². The molecular weight excluding hydrogens is 761 g/mol. The van der Waals surface area contributed by atoms with Crippen molar-refractivity contribution >= 4 is 44.7 Å². The fourth-order valence-corrected chi connectivity index (χ4v) is 8.53. The molecule has 2 amide bonds. The van der Waals surface area contributed by atoms with Gasteiger partial charge in [-0.3, -0.25) is 9.59 Å². The third kappa shape index (κ3) is 7.66. The van der Waals surface area contributed by atoms with E-state index >= 15 is 0 Å². The van der Waals surface area contributed by atoms with Crippen molar-refractivity contribution in [2.75, 3.05) is 11.5 Å². The normalized spacial score (nSPS) is 12.2. The van der Waals surface area contributed by atoms with Crippen molar-refractivity contribution in [3.8, 4) is 44.5 Å². The van der Waals surface area contributed by atoms with Crippen molar-refractivity contribution in [2.24, 2.45) is 0 Å². The average Bonchev–Trinajstić information content (AvgIpc) is 3.32. The molecule has 0 aliphatic heterocycles. The average molecular weight is 807 g/mol. The van der Waals surface area contributed by atoms with Gasteiger partial charge in [-0.15, -0.1) is 0 Å². The standard InChI is InChI=1S/C56H46N4O2/c1-35(37-13-5-3-6-14-37)59-55(61)43-29-25-39(26-30-43)45-21-9-17-41-19-11-23-47(51(41)45)49-33-34-50(54(58)53(49)57)48-24-12-20-42-18-10-22-46(52(42)48)40-27-31-44(32-28-40)56(62)60-36(2)38-15-7-4-8-16-38/h3-36H,57-58H2,1-2H3,(H,59,61)(H,60,62)/t35-,36-/m1/s1. The summed E-state index contributed by atoms with van der Waals surface area (Å²) in [5.41, 5.74) is 26.1. The molecule has 62 heavy (non-hydrogen) atoms. The molecule has 9 aromatic rings. The van der Waals surface area contributed by atoms with Gasteiger partial charge in [0, 0.05) is 22.3 Å². The van der Waals surface area contributed by atoms with Crippen molar-refractivity contribution in [1.82, 2.24) is 10.6 Å². The van der Waals surface area contributed by atoms with Gasteiger partial charge in [0.15, 0.2) is 0 Å². The van der Waals surface area contributed by atoms with Gasteiger partial charge in [0.05, 0.1) is 23.5 Å². The number of nitrogens with two attached hydrogens (primary N) is 2. The van der Waals surface area contributed by atoms with Crippen molar-refractivity contribution < 1.29 is 9.59 Å². The number of hydrogen-bond acceptors (Lipinski definition) is 4. The second-order valence-corrected chi connectivity index (χ2v) is 15.8. The number of nitrogen functional groups attached to an aromatic ring is 2. The molecule has 6 heteroatoms. The SMILES string of the molecule is C[C@@H](NC(=O)c1ccc(-c2cccc3cccc(-c4ccc(-c5cccc6cccc(-c7ccc(C(=O)N[C@H](C)c8ccccc8)cc7)c56)c(N)c4N)c23)cc1)c1ccccc1. The highest BCUT2D eigenvalue weighted by molar-refractivity contribution is 6.12. The highest BCUT2D eigenvalue weighted by atomic mass is 16.2. The molecule has 0 spiro atoms. The Morgan fingerprint density at radius 2 is 0.710 bits per heavy atom. The van der Waals surface area contributed by atoms with Crippen LogP contribution in [-0.2, 0) is 0 Å². The zero-order chi connectivity index (χ0) is 42.7. The number of anilines is 2. The number of hydrogen-bond donors (Lipinski definition) is 4. The predicted molar refractivity (Wildman–Crippen MR) is 257 cm³/mol. The Bertz CT molecular complexity index is 2870. The van der Waals surface area contributed by atoms with Crippen molar-refractivity contribution in [3.05, 3.63) is 216 Å². The first-order chi connectivity index (χ1) is 30.2. The van der Waals surface area contributed by atoms with Gasteiger partial charge >= 0.3 is 0 Å². The molecule has 9 aromatic carbocycles. The highest BCUT2D eigenvalue weighted by Gasteiger charge is 2.20. The summed E-state index contributed by atoms with van der Waals surface area (Å²) in [6.07, 6.45) is 0. The van der Waals surface area contributed by atoms with Gasteiger partial charge in [0.2, 0.25) is 0 Å². The van der Waals surface area contributed by atoms with E-state index < -0.39 is 0 Å². The number of benzene rings is 9. The Morgan fingerprint density at radius 3 is 1.06 bits per heavy atom. The van der Waals surface area contributed by atoms with Crippen LogP contribution in [0.4, 0.5) is 11.4 Å². The highest BCUT2D eigenvalue weighted by Crippen LogP contribution is 2.45. The van der Waals surface area contributed by atoms with Crippen molar-refractivity contribution in [1.29, 1.82) is 0 Å². The summed E-state index contributed by atoms with van der Waals surface area (Å²) >= 11 is 0. The lowest BCUT2D eigenvalue weighted by atomic mass is 9.87. The molecule has 9 rings (SSSR count). The van der Waals surface area contributed by atoms with Crippen LogP contribution in [-0.4, -0.2) is 11.8 Å². The quantitative estimate of drug-likeness (QED) is 0.103. The van der Waals surface area contributed by atoms with E-state index in [0.29, 0.717) is 22.5 Å². The van der Waals surface area contributed by atoms with Crippen LogP contribution in [0.25, 0.3) is 66.1 Å². The van der Waals surface area contributed by atoms with E-state index in [9.17, 15) is 9.59 Å². The largest absolute Gasteiger partial charge is 0.397 e. The van der Waals surface area contributed by atoms with Gasteiger partial charge < -0.3 is 22.1 Å². The molecule has 0 heterocycles. The molecule has 2 atom stereocenters. The maximum Gasteiger partial charge on any atom is 0.251 e. The molecular formula is C56H46N4O2. The maximum absolute atomic E-state index is 13.2. The third-order valence-electron chi connectivity index (χ3n) is 11.9. The minimum Gasteiger partial charge on any atom is -0.397 e. The van der Waals surface area contributed by atoms with Gasteiger partial charge in [-0.1, -0.05) is 170 Å². The summed E-state index contributed by atoms with van der Waals surface area (Å²) in [4.78, 5) is 26.5. The molecule has 6 nitrogen and oxygen atoms in total. The van der Waals surface area contributed by atoms with Gasteiger partial charge in [-0.05, 0) is 104 Å². The summed E-state index contributed by atoms with van der Waals surface area (Å²) in [6.45, 7) is 3.98. The fraction of sp³-hybridized carbons (Fsp3) is 0.0714. The van der Waals surface area contributed by atoms with Gasteiger partial charge in [-0.2, -0.15) is 0 Å². The van der Waals surface area contributed by atoms with Crippen molar-refractivity contribution in [2.45, 2.75) is 25.9 Å². The predicted octanol–water partition coefficient (Wildman–Crippen LogP) is 12.8. The van der Waals surface area contributed by atoms with Crippen LogP contribution < -0.4 is 22.1 Å². The van der Waals surface area contributed by atoms with Crippen LogP contribution in [0, 0.1) is 0 Å². The molecule has 302 valence electrons. The van der Waals surface area contributed by atoms with E-state index in [1.54, 1.807) is 0 Å².